The molecule has 0 saturated carbocycles. The first-order valence-electron chi connectivity index (χ1n) is 9.51. The zero-order chi connectivity index (χ0) is 21.6. The molecule has 2 rings (SSSR count). The molecular weight excluding hydrogens is 386 g/mol. The third-order valence-corrected chi connectivity index (χ3v) is 5.03. The van der Waals surface area contributed by atoms with Crippen LogP contribution in [0, 0.1) is 0 Å². The van der Waals surface area contributed by atoms with Gasteiger partial charge in [-0.2, -0.15) is 0 Å². The molecule has 0 spiro atoms. The van der Waals surface area contributed by atoms with Crippen LogP contribution in [0.1, 0.15) is 32.1 Å². The van der Waals surface area contributed by atoms with E-state index in [0.717, 1.165) is 13.0 Å². The van der Waals surface area contributed by atoms with Crippen molar-refractivity contribution < 1.29 is 34.2 Å². The number of rotatable bonds is 9. The van der Waals surface area contributed by atoms with Gasteiger partial charge in [-0.05, 0) is 32.2 Å². The molecule has 2 fully saturated rings. The first-order chi connectivity index (χ1) is 13.7. The highest BCUT2D eigenvalue weighted by atomic mass is 16.4. The summed E-state index contributed by atoms with van der Waals surface area (Å²) in [5.41, 5.74) is 5.13. The van der Waals surface area contributed by atoms with E-state index < -0.39 is 54.8 Å². The third kappa shape index (κ3) is 5.87. The molecule has 4 amide bonds. The molecule has 2 heterocycles. The lowest BCUT2D eigenvalue weighted by Gasteiger charge is -2.28. The molecule has 4 unspecified atom stereocenters. The van der Waals surface area contributed by atoms with Gasteiger partial charge in [-0.1, -0.05) is 0 Å². The van der Waals surface area contributed by atoms with Gasteiger partial charge in [0.15, 0.2) is 0 Å². The smallest absolute Gasteiger partial charge is 0.328 e. The van der Waals surface area contributed by atoms with Gasteiger partial charge >= 0.3 is 5.97 Å². The number of aliphatic hydroxyl groups excluding tert-OH is 1. The van der Waals surface area contributed by atoms with Gasteiger partial charge in [-0.25, -0.2) is 4.79 Å². The van der Waals surface area contributed by atoms with Crippen LogP contribution in [-0.2, 0) is 24.0 Å². The number of nitrogens with zero attached hydrogens (tertiary/aromatic N) is 1. The highest BCUT2D eigenvalue weighted by Crippen LogP contribution is 2.21. The van der Waals surface area contributed by atoms with Crippen molar-refractivity contribution in [2.45, 2.75) is 56.3 Å². The van der Waals surface area contributed by atoms with Gasteiger partial charge in [0.25, 0.3) is 0 Å². The quantitative estimate of drug-likeness (QED) is 0.226. The number of aliphatic hydroxyl groups is 1. The molecule has 7 N–H and O–H groups in total. The number of likely N-dealkylation sites (tertiary alicyclic amines) is 1. The SMILES string of the molecule is NC(=O)CC(NC(=O)C1CCCN1C(=O)C1CCCN1)C(=O)NC(CO)C(=O)O. The van der Waals surface area contributed by atoms with E-state index in [4.69, 9.17) is 15.9 Å². The lowest BCUT2D eigenvalue weighted by molar-refractivity contribution is -0.144. The molecule has 0 aliphatic carbocycles. The maximum Gasteiger partial charge on any atom is 0.328 e. The molecule has 2 aliphatic heterocycles. The van der Waals surface area contributed by atoms with Crippen molar-refractivity contribution in [1.82, 2.24) is 20.9 Å². The van der Waals surface area contributed by atoms with Crippen molar-refractivity contribution >= 4 is 29.6 Å². The van der Waals surface area contributed by atoms with E-state index in [1.165, 1.54) is 4.90 Å². The zero-order valence-corrected chi connectivity index (χ0v) is 15.9. The summed E-state index contributed by atoms with van der Waals surface area (Å²) in [7, 11) is 0. The van der Waals surface area contributed by atoms with E-state index in [0.29, 0.717) is 25.8 Å². The predicted octanol–water partition coefficient (Wildman–Crippen LogP) is -3.35. The molecule has 29 heavy (non-hydrogen) atoms. The average molecular weight is 413 g/mol. The van der Waals surface area contributed by atoms with Crippen molar-refractivity contribution in [3.8, 4) is 0 Å². The van der Waals surface area contributed by atoms with Gasteiger partial charge in [0.05, 0.1) is 19.1 Å². The Kier molecular flexibility index (Phi) is 7.91. The largest absolute Gasteiger partial charge is 0.480 e. The van der Waals surface area contributed by atoms with Gasteiger partial charge in [-0.15, -0.1) is 0 Å². The second kappa shape index (κ2) is 10.2. The Balaban J connectivity index is 2.05. The molecule has 0 aromatic heterocycles. The highest BCUT2D eigenvalue weighted by Gasteiger charge is 2.39. The maximum atomic E-state index is 12.7. The Morgan fingerprint density at radius 1 is 1.10 bits per heavy atom. The molecule has 0 aromatic carbocycles. The first-order valence-corrected chi connectivity index (χ1v) is 9.51. The van der Waals surface area contributed by atoms with Crippen LogP contribution in [0.4, 0.5) is 0 Å². The van der Waals surface area contributed by atoms with E-state index >= 15 is 0 Å². The minimum atomic E-state index is -1.59. The van der Waals surface area contributed by atoms with Gasteiger partial charge < -0.3 is 36.8 Å². The molecule has 12 heteroatoms. The minimum absolute atomic E-state index is 0.178. The number of primary amides is 1. The van der Waals surface area contributed by atoms with Crippen molar-refractivity contribution in [3.63, 3.8) is 0 Å². The molecule has 0 radical (unpaired) electrons. The zero-order valence-electron chi connectivity index (χ0n) is 15.9. The first kappa shape index (κ1) is 22.6. The minimum Gasteiger partial charge on any atom is -0.480 e. The molecule has 0 bridgehead atoms. The highest BCUT2D eigenvalue weighted by molar-refractivity contribution is 5.96. The molecule has 162 valence electrons. The summed E-state index contributed by atoms with van der Waals surface area (Å²) in [6, 6.07) is -4.14. The summed E-state index contributed by atoms with van der Waals surface area (Å²) < 4.78 is 0. The summed E-state index contributed by atoms with van der Waals surface area (Å²) in [5, 5.41) is 25.5. The normalized spacial score (nSPS) is 23.3. The molecule has 4 atom stereocenters. The predicted molar refractivity (Wildman–Crippen MR) is 98.2 cm³/mol. The number of hydrogen-bond donors (Lipinski definition) is 6. The van der Waals surface area contributed by atoms with Crippen LogP contribution in [0.15, 0.2) is 0 Å². The fraction of sp³-hybridized carbons (Fsp3) is 0.706. The van der Waals surface area contributed by atoms with Crippen LogP contribution in [0.2, 0.25) is 0 Å². The number of carboxylic acids is 1. The van der Waals surface area contributed by atoms with Gasteiger partial charge in [0.2, 0.25) is 23.6 Å². The van der Waals surface area contributed by atoms with Crippen molar-refractivity contribution in [1.29, 1.82) is 0 Å². The molecule has 12 nitrogen and oxygen atoms in total. The molecule has 2 saturated heterocycles. The topological polar surface area (TPSA) is 191 Å². The Hall–Kier alpha value is -2.73. The van der Waals surface area contributed by atoms with Gasteiger partial charge in [0.1, 0.15) is 18.1 Å². The second-order valence-corrected chi connectivity index (χ2v) is 7.15. The summed E-state index contributed by atoms with van der Waals surface area (Å²) in [6.07, 6.45) is 2.03. The van der Waals surface area contributed by atoms with Crippen LogP contribution in [0.3, 0.4) is 0 Å². The lowest BCUT2D eigenvalue weighted by Crippen LogP contribution is -2.57. The van der Waals surface area contributed by atoms with Crippen LogP contribution in [-0.4, -0.2) is 88.6 Å². The van der Waals surface area contributed by atoms with E-state index in [-0.39, 0.29) is 11.9 Å². The number of carbonyl (C=O) groups is 5. The van der Waals surface area contributed by atoms with E-state index in [2.05, 4.69) is 10.6 Å². The van der Waals surface area contributed by atoms with E-state index in [1.54, 1.807) is 0 Å². The third-order valence-electron chi connectivity index (χ3n) is 5.03. The van der Waals surface area contributed by atoms with Gasteiger partial charge in [-0.3, -0.25) is 19.2 Å². The van der Waals surface area contributed by atoms with Crippen LogP contribution in [0.5, 0.6) is 0 Å². The monoisotopic (exact) mass is 413 g/mol. The number of carboxylic acid groups (broad SMARTS) is 1. The summed E-state index contributed by atoms with van der Waals surface area (Å²) in [5.74, 6) is -4.11. The molecule has 2 aliphatic rings. The van der Waals surface area contributed by atoms with Crippen molar-refractivity contribution in [2.75, 3.05) is 19.7 Å². The van der Waals surface area contributed by atoms with Crippen molar-refractivity contribution in [2.24, 2.45) is 5.73 Å². The second-order valence-electron chi connectivity index (χ2n) is 7.15. The summed E-state index contributed by atoms with van der Waals surface area (Å²) in [6.45, 7) is 0.280. The van der Waals surface area contributed by atoms with Crippen LogP contribution >= 0.6 is 0 Å². The number of amides is 4. The number of nitrogens with one attached hydrogen (secondary N) is 3. The summed E-state index contributed by atoms with van der Waals surface area (Å²) in [4.78, 5) is 61.5. The maximum absolute atomic E-state index is 12.7. The fourth-order valence-corrected chi connectivity index (χ4v) is 3.53. The Labute approximate surface area is 167 Å². The Bertz CT molecular complexity index is 665. The number of hydrogen-bond acceptors (Lipinski definition) is 7. The van der Waals surface area contributed by atoms with Gasteiger partial charge in [0, 0.05) is 6.54 Å². The van der Waals surface area contributed by atoms with E-state index in [1.807, 2.05) is 5.32 Å². The number of aliphatic carboxylic acids is 1. The molecule has 0 aromatic rings. The standard InChI is InChI=1S/C17H27N5O7/c18-13(24)7-10(14(25)21-11(8-23)17(28)29)20-15(26)12-4-2-6-22(12)16(27)9-3-1-5-19-9/h9-12,19,23H,1-8H2,(H2,18,24)(H,20,26)(H,21,25)(H,28,29). The Morgan fingerprint density at radius 2 is 1.83 bits per heavy atom. The van der Waals surface area contributed by atoms with Crippen LogP contribution < -0.4 is 21.7 Å². The summed E-state index contributed by atoms with van der Waals surface area (Å²) >= 11 is 0. The average Bonchev–Trinajstić information content (AvgIpc) is 3.35. The van der Waals surface area contributed by atoms with Crippen LogP contribution in [0.25, 0.3) is 0 Å². The Morgan fingerprint density at radius 3 is 2.38 bits per heavy atom. The number of nitrogens with two attached hydrogens (primary N) is 1. The number of carbonyl (C=O) groups excluding carboxylic acids is 4. The fourth-order valence-electron chi connectivity index (χ4n) is 3.53. The van der Waals surface area contributed by atoms with E-state index in [9.17, 15) is 24.0 Å². The van der Waals surface area contributed by atoms with Crippen molar-refractivity contribution in [3.05, 3.63) is 0 Å². The lowest BCUT2D eigenvalue weighted by atomic mass is 10.1. The molecular formula is C17H27N5O7.